The lowest BCUT2D eigenvalue weighted by atomic mass is 9.94. The van der Waals surface area contributed by atoms with Crippen LogP contribution in [0.1, 0.15) is 17.9 Å². The first-order chi connectivity index (χ1) is 8.63. The molecule has 18 heavy (non-hydrogen) atoms. The maximum atomic E-state index is 11.4. The van der Waals surface area contributed by atoms with Gasteiger partial charge in [0.25, 0.3) is 0 Å². The first-order valence-corrected chi connectivity index (χ1v) is 5.54. The van der Waals surface area contributed by atoms with E-state index >= 15 is 0 Å². The van der Waals surface area contributed by atoms with Gasteiger partial charge in [0, 0.05) is 25.7 Å². The molecule has 1 rings (SSSR count). The van der Waals surface area contributed by atoms with Crippen molar-refractivity contribution in [3.63, 3.8) is 0 Å². The number of esters is 1. The number of benzene rings is 1. The van der Waals surface area contributed by atoms with Gasteiger partial charge in [-0.1, -0.05) is 18.2 Å². The molecule has 0 saturated carbocycles. The fraction of sp³-hybridized carbons (Fsp3) is 0.462. The molecule has 0 amide bonds. The number of carbonyl (C=O) groups excluding carboxylic acids is 1. The zero-order chi connectivity index (χ0) is 13.5. The molecule has 0 aliphatic carbocycles. The van der Waals surface area contributed by atoms with Crippen LogP contribution in [0.5, 0.6) is 5.75 Å². The molecule has 5 heteroatoms. The molecule has 100 valence electrons. The molecule has 0 radical (unpaired) electrons. The summed E-state index contributed by atoms with van der Waals surface area (Å²) in [5, 5.41) is 9.84. The predicted molar refractivity (Wildman–Crippen MR) is 65.3 cm³/mol. The molecule has 0 spiro atoms. The van der Waals surface area contributed by atoms with E-state index < -0.39 is 12.2 Å². The van der Waals surface area contributed by atoms with E-state index in [1.54, 1.807) is 24.3 Å². The van der Waals surface area contributed by atoms with Gasteiger partial charge in [-0.15, -0.1) is 0 Å². The number of para-hydroxylation sites is 1. The lowest BCUT2D eigenvalue weighted by molar-refractivity contribution is -0.149. The van der Waals surface area contributed by atoms with Crippen LogP contribution in [0.25, 0.3) is 0 Å². The molecule has 0 aliphatic rings. The second-order valence-corrected chi connectivity index (χ2v) is 3.79. The lowest BCUT2D eigenvalue weighted by Crippen LogP contribution is -2.25. The van der Waals surface area contributed by atoms with Crippen molar-refractivity contribution in [3.8, 4) is 5.75 Å². The van der Waals surface area contributed by atoms with Gasteiger partial charge in [-0.3, -0.25) is 4.79 Å². The molecule has 1 unspecified atom stereocenters. The van der Waals surface area contributed by atoms with Gasteiger partial charge in [0.15, 0.2) is 6.29 Å². The van der Waals surface area contributed by atoms with Crippen molar-refractivity contribution in [2.45, 2.75) is 18.6 Å². The maximum absolute atomic E-state index is 11.4. The quantitative estimate of drug-likeness (QED) is 0.617. The van der Waals surface area contributed by atoms with E-state index in [4.69, 9.17) is 9.47 Å². The van der Waals surface area contributed by atoms with Crippen LogP contribution in [-0.2, 0) is 19.0 Å². The molecule has 1 aromatic rings. The third-order valence-electron chi connectivity index (χ3n) is 2.74. The molecule has 0 aromatic heterocycles. The maximum Gasteiger partial charge on any atom is 0.306 e. The van der Waals surface area contributed by atoms with Gasteiger partial charge in [-0.2, -0.15) is 0 Å². The summed E-state index contributed by atoms with van der Waals surface area (Å²) < 4.78 is 15.0. The largest absolute Gasteiger partial charge is 0.508 e. The van der Waals surface area contributed by atoms with E-state index in [1.807, 2.05) is 0 Å². The molecule has 1 atom stereocenters. The summed E-state index contributed by atoms with van der Waals surface area (Å²) in [7, 11) is 4.29. The Labute approximate surface area is 106 Å². The van der Waals surface area contributed by atoms with Gasteiger partial charge in [0.1, 0.15) is 5.75 Å². The van der Waals surface area contributed by atoms with Crippen LogP contribution in [0.2, 0.25) is 0 Å². The van der Waals surface area contributed by atoms with E-state index in [2.05, 4.69) is 4.74 Å². The smallest absolute Gasteiger partial charge is 0.306 e. The van der Waals surface area contributed by atoms with E-state index in [1.165, 1.54) is 21.3 Å². The minimum atomic E-state index is -0.627. The number of rotatable bonds is 6. The van der Waals surface area contributed by atoms with Crippen molar-refractivity contribution in [3.05, 3.63) is 29.8 Å². The Morgan fingerprint density at radius 3 is 2.33 bits per heavy atom. The Kier molecular flexibility index (Phi) is 5.61. The van der Waals surface area contributed by atoms with Gasteiger partial charge in [0.05, 0.1) is 13.5 Å². The summed E-state index contributed by atoms with van der Waals surface area (Å²) in [6.07, 6.45) is -0.558. The summed E-state index contributed by atoms with van der Waals surface area (Å²) in [6.45, 7) is 0. The van der Waals surface area contributed by atoms with Gasteiger partial charge in [0.2, 0.25) is 0 Å². The zero-order valence-corrected chi connectivity index (χ0v) is 10.8. The Balaban J connectivity index is 3.03. The molecule has 0 bridgehead atoms. The highest BCUT2D eigenvalue weighted by atomic mass is 16.7. The third-order valence-corrected chi connectivity index (χ3v) is 2.74. The summed E-state index contributed by atoms with van der Waals surface area (Å²) in [6, 6.07) is 6.78. The van der Waals surface area contributed by atoms with E-state index in [0.29, 0.717) is 5.56 Å². The van der Waals surface area contributed by atoms with Crippen molar-refractivity contribution >= 4 is 5.97 Å². The minimum Gasteiger partial charge on any atom is -0.508 e. The van der Waals surface area contributed by atoms with E-state index in [9.17, 15) is 9.90 Å². The lowest BCUT2D eigenvalue weighted by Gasteiger charge is -2.24. The van der Waals surface area contributed by atoms with Crippen LogP contribution < -0.4 is 0 Å². The number of methoxy groups -OCH3 is 3. The normalized spacial score (nSPS) is 12.4. The van der Waals surface area contributed by atoms with E-state index in [-0.39, 0.29) is 18.1 Å². The number of phenols is 1. The summed E-state index contributed by atoms with van der Waals surface area (Å²) in [5.41, 5.74) is 0.594. The van der Waals surface area contributed by atoms with Crippen molar-refractivity contribution in [2.75, 3.05) is 21.3 Å². The topological polar surface area (TPSA) is 65.0 Å². The van der Waals surface area contributed by atoms with Crippen LogP contribution in [0.15, 0.2) is 24.3 Å². The van der Waals surface area contributed by atoms with E-state index in [0.717, 1.165) is 0 Å². The highest BCUT2D eigenvalue weighted by Crippen LogP contribution is 2.32. The number of hydrogen-bond acceptors (Lipinski definition) is 5. The van der Waals surface area contributed by atoms with Gasteiger partial charge in [-0.25, -0.2) is 0 Å². The molecule has 5 nitrogen and oxygen atoms in total. The highest BCUT2D eigenvalue weighted by Gasteiger charge is 2.28. The average Bonchev–Trinajstić information content (AvgIpc) is 2.39. The van der Waals surface area contributed by atoms with Crippen LogP contribution in [0.4, 0.5) is 0 Å². The van der Waals surface area contributed by atoms with Crippen molar-refractivity contribution in [1.29, 1.82) is 0 Å². The minimum absolute atomic E-state index is 0.0699. The summed E-state index contributed by atoms with van der Waals surface area (Å²) in [5.74, 6) is -0.707. The number of ether oxygens (including phenoxy) is 3. The Morgan fingerprint density at radius 1 is 1.22 bits per heavy atom. The number of carbonyl (C=O) groups is 1. The van der Waals surface area contributed by atoms with Gasteiger partial charge >= 0.3 is 5.97 Å². The number of aromatic hydroxyl groups is 1. The molecule has 0 aliphatic heterocycles. The van der Waals surface area contributed by atoms with Crippen molar-refractivity contribution < 1.29 is 24.1 Å². The van der Waals surface area contributed by atoms with Crippen LogP contribution in [0, 0.1) is 0 Å². The fourth-order valence-electron chi connectivity index (χ4n) is 1.84. The Morgan fingerprint density at radius 2 is 1.83 bits per heavy atom. The van der Waals surface area contributed by atoms with Crippen molar-refractivity contribution in [1.82, 2.24) is 0 Å². The average molecular weight is 254 g/mol. The summed E-state index contributed by atoms with van der Waals surface area (Å²) >= 11 is 0. The molecule has 1 aromatic carbocycles. The molecular formula is C13H18O5. The summed E-state index contributed by atoms with van der Waals surface area (Å²) in [4.78, 5) is 11.4. The molecule has 0 heterocycles. The number of phenolic OH excluding ortho intramolecular Hbond substituents is 1. The zero-order valence-electron chi connectivity index (χ0n) is 10.8. The SMILES string of the molecule is COC(=O)CC(c1ccccc1O)C(OC)OC. The standard InChI is InChI=1S/C13H18O5/c1-16-12(15)8-10(13(17-2)18-3)9-6-4-5-7-11(9)14/h4-7,10,13-14H,8H2,1-3H3. The molecule has 1 N–H and O–H groups in total. The Hall–Kier alpha value is -1.59. The second kappa shape index (κ2) is 6.98. The first-order valence-electron chi connectivity index (χ1n) is 5.54. The second-order valence-electron chi connectivity index (χ2n) is 3.79. The predicted octanol–water partition coefficient (Wildman–Crippen LogP) is 1.66. The van der Waals surface area contributed by atoms with Crippen LogP contribution in [-0.4, -0.2) is 38.7 Å². The number of hydrogen-bond donors (Lipinski definition) is 1. The molecular weight excluding hydrogens is 236 g/mol. The first kappa shape index (κ1) is 14.5. The van der Waals surface area contributed by atoms with Gasteiger partial charge in [-0.05, 0) is 6.07 Å². The van der Waals surface area contributed by atoms with Gasteiger partial charge < -0.3 is 19.3 Å². The third kappa shape index (κ3) is 3.45. The van der Waals surface area contributed by atoms with Crippen LogP contribution in [0.3, 0.4) is 0 Å². The Bertz CT molecular complexity index is 387. The molecule has 0 saturated heterocycles. The monoisotopic (exact) mass is 254 g/mol. The fourth-order valence-corrected chi connectivity index (χ4v) is 1.84. The highest BCUT2D eigenvalue weighted by molar-refractivity contribution is 5.70. The van der Waals surface area contributed by atoms with Crippen molar-refractivity contribution in [2.24, 2.45) is 0 Å². The molecule has 0 fully saturated rings. The van der Waals surface area contributed by atoms with Crippen LogP contribution >= 0.6 is 0 Å².